The van der Waals surface area contributed by atoms with Crippen molar-refractivity contribution in [3.8, 4) is 0 Å². The summed E-state index contributed by atoms with van der Waals surface area (Å²) >= 11 is 0. The van der Waals surface area contributed by atoms with E-state index in [0.717, 1.165) is 22.8 Å². The van der Waals surface area contributed by atoms with Crippen molar-refractivity contribution in [3.05, 3.63) is 93.8 Å². The highest BCUT2D eigenvalue weighted by molar-refractivity contribution is 6.02. The van der Waals surface area contributed by atoms with Gasteiger partial charge in [-0.25, -0.2) is 13.6 Å². The molecule has 1 fully saturated rings. The number of halogens is 2. The lowest BCUT2D eigenvalue weighted by molar-refractivity contribution is -0.141. The normalized spacial score (nSPS) is 16.0. The highest BCUT2D eigenvalue weighted by Gasteiger charge is 2.30. The van der Waals surface area contributed by atoms with E-state index in [1.807, 2.05) is 0 Å². The summed E-state index contributed by atoms with van der Waals surface area (Å²) in [6.07, 6.45) is 3.89. The lowest BCUT2D eigenvalue weighted by atomic mass is 9.97. The van der Waals surface area contributed by atoms with E-state index in [0.29, 0.717) is 18.7 Å². The number of carbonyl (C=O) groups excluding carboxylic acids is 4. The number of aromatic nitrogens is 2. The third-order valence-electron chi connectivity index (χ3n) is 6.98. The Morgan fingerprint density at radius 3 is 2.60 bits per heavy atom. The van der Waals surface area contributed by atoms with Crippen molar-refractivity contribution in [1.82, 2.24) is 20.4 Å². The molecule has 0 aliphatic carbocycles. The first kappa shape index (κ1) is 32.8. The Hall–Kier alpha value is -5.14. The maximum atomic E-state index is 14.1. The molecule has 0 radical (unpaired) electrons. The number of amides is 3. The van der Waals surface area contributed by atoms with Crippen molar-refractivity contribution in [1.29, 1.82) is 0 Å². The summed E-state index contributed by atoms with van der Waals surface area (Å²) < 4.78 is 38.9. The molecule has 0 unspecified atom stereocenters. The second kappa shape index (κ2) is 14.6. The third kappa shape index (κ3) is 8.71. The van der Waals surface area contributed by atoms with Crippen LogP contribution in [0.4, 0.5) is 14.5 Å². The fraction of sp³-hybridized carbons (Fsp3) is 0.355. The van der Waals surface area contributed by atoms with Gasteiger partial charge in [0.25, 0.3) is 11.5 Å². The maximum Gasteiger partial charge on any atom is 0.330 e. The Balaban J connectivity index is 1.67. The molecular formula is C31H33F2N5O7. The van der Waals surface area contributed by atoms with Crippen molar-refractivity contribution in [3.63, 3.8) is 0 Å². The monoisotopic (exact) mass is 625 g/mol. The molecule has 4 rings (SSSR count). The molecule has 45 heavy (non-hydrogen) atoms. The largest absolute Gasteiger partial charge is 0.460 e. The molecule has 2 aromatic heterocycles. The van der Waals surface area contributed by atoms with Crippen LogP contribution in [-0.4, -0.2) is 52.1 Å². The molecule has 3 aromatic rings. The third-order valence-corrected chi connectivity index (χ3v) is 6.98. The van der Waals surface area contributed by atoms with E-state index in [4.69, 9.17) is 9.26 Å². The number of pyridine rings is 1. The van der Waals surface area contributed by atoms with Gasteiger partial charge in [-0.1, -0.05) is 17.3 Å². The molecule has 3 amide bonds. The van der Waals surface area contributed by atoms with Crippen molar-refractivity contribution in [2.24, 2.45) is 5.92 Å². The number of aryl methyl sites for hydroxylation is 1. The number of benzene rings is 1. The number of esters is 1. The Labute approximate surface area is 256 Å². The predicted octanol–water partition coefficient (Wildman–Crippen LogP) is 2.98. The Bertz CT molecular complexity index is 1670. The smallest absolute Gasteiger partial charge is 0.330 e. The molecule has 3 heterocycles. The second-order valence-corrected chi connectivity index (χ2v) is 10.9. The zero-order valence-corrected chi connectivity index (χ0v) is 24.8. The van der Waals surface area contributed by atoms with Gasteiger partial charge in [-0.05, 0) is 63.4 Å². The maximum absolute atomic E-state index is 14.1. The number of rotatable bonds is 12. The van der Waals surface area contributed by atoms with Crippen molar-refractivity contribution in [2.45, 2.75) is 58.2 Å². The van der Waals surface area contributed by atoms with Crippen LogP contribution in [0.15, 0.2) is 64.1 Å². The van der Waals surface area contributed by atoms with E-state index >= 15 is 0 Å². The van der Waals surface area contributed by atoms with E-state index in [1.54, 1.807) is 20.8 Å². The SMILES string of the molecule is Cc1cc(C(=O)Nc2cccn([C@@H](Cc3ccc(F)c(F)c3)C(=O)N[C@H](/C=C/C(=O)OC(C)C)C[C@@H]3CCNC3=O)c2=O)no1. The van der Waals surface area contributed by atoms with Gasteiger partial charge in [-0.15, -0.1) is 0 Å². The molecule has 1 aliphatic heterocycles. The predicted molar refractivity (Wildman–Crippen MR) is 157 cm³/mol. The average Bonchev–Trinajstić information content (AvgIpc) is 3.60. The average molecular weight is 626 g/mol. The number of nitrogens with zero attached hydrogens (tertiary/aromatic N) is 2. The van der Waals surface area contributed by atoms with Crippen LogP contribution >= 0.6 is 0 Å². The first-order valence-corrected chi connectivity index (χ1v) is 14.3. The number of ether oxygens (including phenoxy) is 1. The number of hydrogen-bond donors (Lipinski definition) is 3. The summed E-state index contributed by atoms with van der Waals surface area (Å²) in [5.41, 5.74) is -0.811. The van der Waals surface area contributed by atoms with Gasteiger partial charge in [-0.2, -0.15) is 0 Å². The van der Waals surface area contributed by atoms with Gasteiger partial charge in [0.1, 0.15) is 17.5 Å². The fourth-order valence-electron chi connectivity index (χ4n) is 4.82. The summed E-state index contributed by atoms with van der Waals surface area (Å²) in [6.45, 7) is 5.41. The van der Waals surface area contributed by atoms with Gasteiger partial charge in [0.05, 0.1) is 6.10 Å². The van der Waals surface area contributed by atoms with Gasteiger partial charge >= 0.3 is 5.97 Å². The Morgan fingerprint density at radius 1 is 1.18 bits per heavy atom. The van der Waals surface area contributed by atoms with Crippen LogP contribution in [0.2, 0.25) is 0 Å². The van der Waals surface area contributed by atoms with Crippen molar-refractivity contribution < 1.29 is 37.2 Å². The van der Waals surface area contributed by atoms with Gasteiger partial charge in [0.15, 0.2) is 17.3 Å². The number of anilines is 1. The van der Waals surface area contributed by atoms with Crippen LogP contribution in [0.1, 0.15) is 54.5 Å². The molecule has 0 saturated carbocycles. The highest BCUT2D eigenvalue weighted by atomic mass is 19.2. The van der Waals surface area contributed by atoms with Crippen LogP contribution in [-0.2, 0) is 25.5 Å². The minimum Gasteiger partial charge on any atom is -0.460 e. The van der Waals surface area contributed by atoms with Gasteiger partial charge in [0, 0.05) is 43.3 Å². The van der Waals surface area contributed by atoms with Crippen LogP contribution in [0.3, 0.4) is 0 Å². The molecule has 1 saturated heterocycles. The van der Waals surface area contributed by atoms with Gasteiger partial charge in [-0.3, -0.25) is 19.2 Å². The molecule has 238 valence electrons. The molecule has 12 nitrogen and oxygen atoms in total. The van der Waals surface area contributed by atoms with E-state index in [9.17, 15) is 32.8 Å². The minimum absolute atomic E-state index is 0.0695. The topological polar surface area (TPSA) is 162 Å². The number of nitrogens with one attached hydrogen (secondary N) is 3. The van der Waals surface area contributed by atoms with E-state index in [-0.39, 0.29) is 41.8 Å². The lowest BCUT2D eigenvalue weighted by Crippen LogP contribution is -2.43. The van der Waals surface area contributed by atoms with E-state index in [2.05, 4.69) is 21.1 Å². The first-order chi connectivity index (χ1) is 21.4. The summed E-state index contributed by atoms with van der Waals surface area (Å²) in [5.74, 6) is -4.60. The van der Waals surface area contributed by atoms with E-state index < -0.39 is 53.0 Å². The molecule has 3 N–H and O–H groups in total. The van der Waals surface area contributed by atoms with E-state index in [1.165, 1.54) is 36.5 Å². The highest BCUT2D eigenvalue weighted by Crippen LogP contribution is 2.21. The summed E-state index contributed by atoms with van der Waals surface area (Å²) in [6, 6.07) is 5.08. The second-order valence-electron chi connectivity index (χ2n) is 10.9. The lowest BCUT2D eigenvalue weighted by Gasteiger charge is -2.24. The van der Waals surface area contributed by atoms with Crippen LogP contribution in [0, 0.1) is 24.5 Å². The molecule has 3 atom stereocenters. The molecular weight excluding hydrogens is 592 g/mol. The molecule has 1 aliphatic rings. The zero-order valence-electron chi connectivity index (χ0n) is 24.8. The van der Waals surface area contributed by atoms with Crippen molar-refractivity contribution in [2.75, 3.05) is 11.9 Å². The summed E-state index contributed by atoms with van der Waals surface area (Å²) in [7, 11) is 0. The van der Waals surface area contributed by atoms with Crippen LogP contribution < -0.4 is 21.5 Å². The standard InChI is InChI=1S/C31H33F2N5O7/c1-17(2)44-27(39)9-7-21(16-20-10-11-34-28(20)40)35-30(42)26(15-19-6-8-22(32)23(33)14-19)38-12-4-5-24(31(38)43)36-29(41)25-13-18(3)45-37-25/h4-9,12-14,17,20-21,26H,10-11,15-16H2,1-3H3,(H,34,40)(H,35,42)(H,36,41)/b9-7+/t20-,21+,26-/m0/s1. The van der Waals surface area contributed by atoms with Gasteiger partial charge < -0.3 is 29.8 Å². The number of hydrogen-bond acceptors (Lipinski definition) is 8. The Morgan fingerprint density at radius 2 is 1.96 bits per heavy atom. The quantitative estimate of drug-likeness (QED) is 0.205. The Kier molecular flexibility index (Phi) is 10.6. The van der Waals surface area contributed by atoms with Crippen LogP contribution in [0.5, 0.6) is 0 Å². The molecule has 14 heteroatoms. The first-order valence-electron chi connectivity index (χ1n) is 14.3. The molecule has 0 spiro atoms. The van der Waals surface area contributed by atoms with Gasteiger partial charge in [0.2, 0.25) is 11.8 Å². The van der Waals surface area contributed by atoms with Crippen molar-refractivity contribution >= 4 is 29.4 Å². The molecule has 1 aromatic carbocycles. The van der Waals surface area contributed by atoms with Crippen LogP contribution in [0.25, 0.3) is 0 Å². The fourth-order valence-corrected chi connectivity index (χ4v) is 4.82. The summed E-state index contributed by atoms with van der Waals surface area (Å²) in [5, 5.41) is 11.6. The molecule has 0 bridgehead atoms. The minimum atomic E-state index is -1.33. The summed E-state index contributed by atoms with van der Waals surface area (Å²) in [4.78, 5) is 64.7. The number of carbonyl (C=O) groups is 4. The zero-order chi connectivity index (χ0) is 32.7.